The molecule has 0 radical (unpaired) electrons. The third-order valence-corrected chi connectivity index (χ3v) is 5.71. The summed E-state index contributed by atoms with van der Waals surface area (Å²) < 4.78 is 17.7. The summed E-state index contributed by atoms with van der Waals surface area (Å²) >= 11 is 0. The van der Waals surface area contributed by atoms with Gasteiger partial charge < -0.3 is 24.4 Å². The van der Waals surface area contributed by atoms with E-state index in [1.807, 2.05) is 45.9 Å². The fourth-order valence-electron chi connectivity index (χ4n) is 4.06. The van der Waals surface area contributed by atoms with Crippen molar-refractivity contribution >= 4 is 11.9 Å². The van der Waals surface area contributed by atoms with E-state index >= 15 is 0 Å². The van der Waals surface area contributed by atoms with Crippen LogP contribution in [-0.4, -0.2) is 28.7 Å². The molecule has 2 aliphatic heterocycles. The predicted molar refractivity (Wildman–Crippen MR) is 122 cm³/mol. The number of Topliss-reactive ketones (excluding diaryl/α,β-unsaturated/α-hetero) is 1. The van der Waals surface area contributed by atoms with Crippen molar-refractivity contribution in [3.8, 4) is 28.7 Å². The van der Waals surface area contributed by atoms with E-state index in [2.05, 4.69) is 0 Å². The molecule has 2 N–H and O–H groups in total. The molecule has 2 aromatic rings. The number of carbonyl (C=O) groups excluding carboxylic acids is 1. The zero-order valence-electron chi connectivity index (χ0n) is 19.0. The molecule has 4 rings (SSSR count). The van der Waals surface area contributed by atoms with Gasteiger partial charge in [-0.25, -0.2) is 0 Å². The average Bonchev–Trinajstić information content (AvgIpc) is 2.71. The van der Waals surface area contributed by atoms with Crippen LogP contribution in [0.3, 0.4) is 0 Å². The molecule has 0 aliphatic carbocycles. The Labute approximate surface area is 187 Å². The molecule has 2 heterocycles. The van der Waals surface area contributed by atoms with E-state index in [-0.39, 0.29) is 29.3 Å². The molecule has 1 atom stereocenters. The van der Waals surface area contributed by atoms with E-state index in [0.717, 1.165) is 11.1 Å². The number of ketones is 1. The average molecular weight is 437 g/mol. The summed E-state index contributed by atoms with van der Waals surface area (Å²) in [4.78, 5) is 13.0. The molecule has 32 heavy (non-hydrogen) atoms. The van der Waals surface area contributed by atoms with Gasteiger partial charge in [-0.15, -0.1) is 0 Å². The van der Waals surface area contributed by atoms with Gasteiger partial charge in [-0.05, 0) is 46.3 Å². The van der Waals surface area contributed by atoms with Crippen molar-refractivity contribution in [2.24, 2.45) is 0 Å². The van der Waals surface area contributed by atoms with Crippen LogP contribution in [-0.2, 0) is 6.42 Å². The Bertz CT molecular complexity index is 1150. The van der Waals surface area contributed by atoms with Crippen molar-refractivity contribution in [2.45, 2.75) is 52.2 Å². The van der Waals surface area contributed by atoms with Crippen molar-refractivity contribution in [3.05, 3.63) is 58.2 Å². The number of aromatic hydroxyl groups is 2. The number of phenolic OH excluding ortho intramolecular Hbond substituents is 2. The molecular weight excluding hydrogens is 408 g/mol. The second-order valence-corrected chi connectivity index (χ2v) is 8.99. The van der Waals surface area contributed by atoms with Crippen LogP contribution >= 0.6 is 0 Å². The molecule has 2 aromatic carbocycles. The highest BCUT2D eigenvalue weighted by Gasteiger charge is 2.35. The van der Waals surface area contributed by atoms with Gasteiger partial charge in [0.1, 0.15) is 46.0 Å². The van der Waals surface area contributed by atoms with Crippen LogP contribution in [0.4, 0.5) is 0 Å². The van der Waals surface area contributed by atoms with E-state index in [1.54, 1.807) is 12.1 Å². The number of ether oxygens (including phenoxy) is 3. The van der Waals surface area contributed by atoms with E-state index in [0.29, 0.717) is 34.8 Å². The van der Waals surface area contributed by atoms with Gasteiger partial charge in [0.2, 0.25) is 0 Å². The maximum absolute atomic E-state index is 13.0. The fourth-order valence-corrected chi connectivity index (χ4v) is 4.06. The first-order valence-corrected chi connectivity index (χ1v) is 10.6. The van der Waals surface area contributed by atoms with Crippen molar-refractivity contribution in [1.82, 2.24) is 0 Å². The van der Waals surface area contributed by atoms with Crippen LogP contribution in [0.5, 0.6) is 28.7 Å². The van der Waals surface area contributed by atoms with Gasteiger partial charge in [0.05, 0.1) is 13.5 Å². The summed E-state index contributed by atoms with van der Waals surface area (Å²) in [7, 11) is 1.51. The lowest BCUT2D eigenvalue weighted by Crippen LogP contribution is -2.27. The van der Waals surface area contributed by atoms with Gasteiger partial charge in [-0.3, -0.25) is 4.79 Å². The summed E-state index contributed by atoms with van der Waals surface area (Å²) in [5.74, 6) is 0.888. The quantitative estimate of drug-likeness (QED) is 0.615. The summed E-state index contributed by atoms with van der Waals surface area (Å²) in [5, 5.41) is 21.2. The number of carbonyl (C=O) groups is 1. The van der Waals surface area contributed by atoms with Crippen molar-refractivity contribution in [2.75, 3.05) is 7.11 Å². The number of allylic oxidation sites excluding steroid dienone is 2. The van der Waals surface area contributed by atoms with Gasteiger partial charge in [0, 0.05) is 28.8 Å². The largest absolute Gasteiger partial charge is 0.507 e. The smallest absolute Gasteiger partial charge is 0.174 e. The molecule has 6 nitrogen and oxygen atoms in total. The minimum atomic E-state index is -0.708. The number of fused-ring (bicyclic) bond motifs is 2. The number of phenols is 2. The Morgan fingerprint density at radius 1 is 1.22 bits per heavy atom. The van der Waals surface area contributed by atoms with Gasteiger partial charge in [-0.2, -0.15) is 0 Å². The number of benzene rings is 2. The number of rotatable bonds is 4. The van der Waals surface area contributed by atoms with Gasteiger partial charge in [-0.1, -0.05) is 17.7 Å². The molecule has 0 saturated heterocycles. The van der Waals surface area contributed by atoms with Crippen molar-refractivity contribution < 1.29 is 29.2 Å². The fraction of sp³-hybridized carbons (Fsp3) is 0.346. The second-order valence-electron chi connectivity index (χ2n) is 8.99. The number of hydrogen-bond donors (Lipinski definition) is 2. The lowest BCUT2D eigenvalue weighted by molar-refractivity contribution is 0.0839. The zero-order chi connectivity index (χ0) is 23.2. The van der Waals surface area contributed by atoms with E-state index in [1.165, 1.54) is 13.2 Å². The molecule has 0 amide bonds. The van der Waals surface area contributed by atoms with Gasteiger partial charge >= 0.3 is 0 Å². The third-order valence-electron chi connectivity index (χ3n) is 5.71. The summed E-state index contributed by atoms with van der Waals surface area (Å²) in [5.41, 5.74) is 2.77. The molecule has 2 aliphatic rings. The molecular formula is C26H28O6. The molecule has 6 heteroatoms. The molecule has 0 unspecified atom stereocenters. The zero-order valence-corrected chi connectivity index (χ0v) is 19.0. The maximum Gasteiger partial charge on any atom is 0.174 e. The number of hydrogen-bond acceptors (Lipinski definition) is 6. The SMILES string of the molecule is COc1cc(O)c2c(c1CC=C(C)C)O[C@H](c1cc3c(cc1O)OC(C)(C)C=C3)CC2=O. The highest BCUT2D eigenvalue weighted by molar-refractivity contribution is 6.03. The first-order valence-electron chi connectivity index (χ1n) is 10.6. The van der Waals surface area contributed by atoms with Crippen LogP contribution in [0.2, 0.25) is 0 Å². The maximum atomic E-state index is 13.0. The van der Waals surface area contributed by atoms with Crippen LogP contribution < -0.4 is 14.2 Å². The standard InChI is InChI=1S/C26H28O6/c1-14(2)6-7-16-22(30-5)12-19(28)24-20(29)13-23(31-25(16)24)17-10-15-8-9-26(3,4)32-21(15)11-18(17)27/h6,8-12,23,27-28H,7,13H2,1-5H3/t23-/m0/s1. The molecule has 0 saturated carbocycles. The Morgan fingerprint density at radius 2 is 1.97 bits per heavy atom. The Kier molecular flexibility index (Phi) is 5.41. The Morgan fingerprint density at radius 3 is 2.66 bits per heavy atom. The molecule has 0 bridgehead atoms. The van der Waals surface area contributed by atoms with E-state index in [4.69, 9.17) is 14.2 Å². The van der Waals surface area contributed by atoms with Crippen LogP contribution in [0, 0.1) is 0 Å². The van der Waals surface area contributed by atoms with E-state index in [9.17, 15) is 15.0 Å². The van der Waals surface area contributed by atoms with E-state index < -0.39 is 11.7 Å². The lowest BCUT2D eigenvalue weighted by Gasteiger charge is -2.31. The van der Waals surface area contributed by atoms with Crippen LogP contribution in [0.15, 0.2) is 35.9 Å². The highest BCUT2D eigenvalue weighted by Crippen LogP contribution is 2.48. The summed E-state index contributed by atoms with van der Waals surface area (Å²) in [6, 6.07) is 4.80. The first-order chi connectivity index (χ1) is 15.1. The van der Waals surface area contributed by atoms with Crippen LogP contribution in [0.1, 0.15) is 67.3 Å². The lowest BCUT2D eigenvalue weighted by atomic mass is 9.90. The monoisotopic (exact) mass is 436 g/mol. The predicted octanol–water partition coefficient (Wildman–Crippen LogP) is 5.51. The van der Waals surface area contributed by atoms with Gasteiger partial charge in [0.25, 0.3) is 0 Å². The molecule has 168 valence electrons. The number of methoxy groups -OCH3 is 1. The third kappa shape index (κ3) is 3.93. The van der Waals surface area contributed by atoms with Gasteiger partial charge in [0.15, 0.2) is 5.78 Å². The molecule has 0 spiro atoms. The first kappa shape index (κ1) is 21.8. The second kappa shape index (κ2) is 7.93. The highest BCUT2D eigenvalue weighted by atomic mass is 16.5. The molecule has 0 aromatic heterocycles. The minimum absolute atomic E-state index is 0.00259. The minimum Gasteiger partial charge on any atom is -0.507 e. The van der Waals surface area contributed by atoms with Crippen molar-refractivity contribution in [1.29, 1.82) is 0 Å². The van der Waals surface area contributed by atoms with Crippen molar-refractivity contribution in [3.63, 3.8) is 0 Å². The summed E-state index contributed by atoms with van der Waals surface area (Å²) in [6.07, 6.45) is 5.66. The molecule has 0 fully saturated rings. The topological polar surface area (TPSA) is 85.2 Å². The summed E-state index contributed by atoms with van der Waals surface area (Å²) in [6.45, 7) is 7.84. The normalized spacial score (nSPS) is 18.2. The van der Waals surface area contributed by atoms with Crippen LogP contribution in [0.25, 0.3) is 6.08 Å². The Balaban J connectivity index is 1.79. The Hall–Kier alpha value is -3.41.